The van der Waals surface area contributed by atoms with Gasteiger partial charge in [0.2, 0.25) is 0 Å². The van der Waals surface area contributed by atoms with Gasteiger partial charge in [-0.1, -0.05) is 30.3 Å². The van der Waals surface area contributed by atoms with Crippen LogP contribution in [0.4, 0.5) is 0 Å². The van der Waals surface area contributed by atoms with E-state index in [-0.39, 0.29) is 12.0 Å². The minimum absolute atomic E-state index is 0.0586. The van der Waals surface area contributed by atoms with Crippen molar-refractivity contribution in [2.75, 3.05) is 19.7 Å². The number of rotatable bonds is 2. The molecule has 1 aromatic carbocycles. The molecule has 2 aromatic rings. The monoisotopic (exact) mass is 271 g/mol. The summed E-state index contributed by atoms with van der Waals surface area (Å²) in [6.45, 7) is 3.59. The Morgan fingerprint density at radius 2 is 2.05 bits per heavy atom. The molecule has 2 heterocycles. The first-order chi connectivity index (χ1) is 9.75. The summed E-state index contributed by atoms with van der Waals surface area (Å²) < 4.78 is 11.1. The number of furan rings is 1. The molecule has 1 atom stereocenters. The van der Waals surface area contributed by atoms with E-state index in [1.807, 2.05) is 43.3 Å². The molecular weight excluding hydrogens is 254 g/mol. The van der Waals surface area contributed by atoms with Crippen molar-refractivity contribution < 1.29 is 13.9 Å². The van der Waals surface area contributed by atoms with E-state index in [1.165, 1.54) is 0 Å². The molecule has 3 rings (SSSR count). The van der Waals surface area contributed by atoms with Gasteiger partial charge in [0, 0.05) is 12.1 Å². The topological polar surface area (TPSA) is 42.7 Å². The number of aryl methyl sites for hydroxylation is 1. The van der Waals surface area contributed by atoms with E-state index in [4.69, 9.17) is 9.15 Å². The number of carbonyl (C=O) groups is 1. The molecular formula is C16H17NO3. The third-order valence-corrected chi connectivity index (χ3v) is 3.58. The normalized spacial score (nSPS) is 19.1. The second-order valence-electron chi connectivity index (χ2n) is 4.95. The van der Waals surface area contributed by atoms with Gasteiger partial charge in [0.25, 0.3) is 5.91 Å². The summed E-state index contributed by atoms with van der Waals surface area (Å²) in [6.07, 6.45) is 1.49. The lowest BCUT2D eigenvalue weighted by Crippen LogP contribution is -2.42. The minimum atomic E-state index is -0.0656. The fourth-order valence-electron chi connectivity index (χ4n) is 2.44. The van der Waals surface area contributed by atoms with Crippen molar-refractivity contribution in [3.63, 3.8) is 0 Å². The van der Waals surface area contributed by atoms with Gasteiger partial charge in [-0.25, -0.2) is 0 Å². The molecule has 1 aromatic heterocycles. The molecule has 4 nitrogen and oxygen atoms in total. The van der Waals surface area contributed by atoms with Gasteiger partial charge >= 0.3 is 0 Å². The maximum Gasteiger partial charge on any atom is 0.290 e. The summed E-state index contributed by atoms with van der Waals surface area (Å²) in [5.74, 6) is 0.371. The lowest BCUT2D eigenvalue weighted by Gasteiger charge is -2.32. The Labute approximate surface area is 118 Å². The summed E-state index contributed by atoms with van der Waals surface area (Å²) in [5.41, 5.74) is 1.97. The SMILES string of the molecule is Cc1ccoc1C(=O)N1CCOC(c2ccccc2)C1. The number of ether oxygens (including phenoxy) is 1. The lowest BCUT2D eigenvalue weighted by molar-refractivity contribution is -0.0238. The van der Waals surface area contributed by atoms with Crippen LogP contribution < -0.4 is 0 Å². The molecule has 104 valence electrons. The van der Waals surface area contributed by atoms with E-state index >= 15 is 0 Å². The average Bonchev–Trinajstić information content (AvgIpc) is 2.94. The van der Waals surface area contributed by atoms with Crippen molar-refractivity contribution in [2.45, 2.75) is 13.0 Å². The van der Waals surface area contributed by atoms with Gasteiger partial charge in [0.05, 0.1) is 19.4 Å². The number of hydrogen-bond donors (Lipinski definition) is 0. The van der Waals surface area contributed by atoms with Crippen LogP contribution >= 0.6 is 0 Å². The molecule has 1 fully saturated rings. The number of morpholine rings is 1. The van der Waals surface area contributed by atoms with Gasteiger partial charge in [-0.2, -0.15) is 0 Å². The van der Waals surface area contributed by atoms with Crippen molar-refractivity contribution in [3.05, 3.63) is 59.5 Å². The minimum Gasteiger partial charge on any atom is -0.459 e. The van der Waals surface area contributed by atoms with E-state index in [2.05, 4.69) is 0 Å². The molecule has 20 heavy (non-hydrogen) atoms. The molecule has 0 bridgehead atoms. The van der Waals surface area contributed by atoms with Crippen LogP contribution in [0.5, 0.6) is 0 Å². The first kappa shape index (κ1) is 12.9. The van der Waals surface area contributed by atoms with Crippen LogP contribution in [-0.2, 0) is 4.74 Å². The van der Waals surface area contributed by atoms with Crippen molar-refractivity contribution in [1.82, 2.24) is 4.90 Å². The number of amides is 1. The highest BCUT2D eigenvalue weighted by molar-refractivity contribution is 5.92. The predicted octanol–water partition coefficient (Wildman–Crippen LogP) is 2.80. The van der Waals surface area contributed by atoms with Crippen LogP contribution in [0.3, 0.4) is 0 Å². The second kappa shape index (κ2) is 5.51. The van der Waals surface area contributed by atoms with Gasteiger partial charge in [0.1, 0.15) is 6.10 Å². The highest BCUT2D eigenvalue weighted by Crippen LogP contribution is 2.23. The zero-order chi connectivity index (χ0) is 13.9. The molecule has 0 spiro atoms. The molecule has 4 heteroatoms. The zero-order valence-corrected chi connectivity index (χ0v) is 11.4. The summed E-state index contributed by atoms with van der Waals surface area (Å²) in [5, 5.41) is 0. The zero-order valence-electron chi connectivity index (χ0n) is 11.4. The maximum absolute atomic E-state index is 12.4. The Bertz CT molecular complexity index is 591. The quantitative estimate of drug-likeness (QED) is 0.843. The van der Waals surface area contributed by atoms with Crippen molar-refractivity contribution >= 4 is 5.91 Å². The standard InChI is InChI=1S/C16H17NO3/c1-12-7-9-20-15(12)16(18)17-8-10-19-14(11-17)13-5-3-2-4-6-13/h2-7,9,14H,8,10-11H2,1H3. The first-order valence-corrected chi connectivity index (χ1v) is 6.75. The summed E-state index contributed by atoms with van der Waals surface area (Å²) >= 11 is 0. The van der Waals surface area contributed by atoms with Gasteiger partial charge in [-0.3, -0.25) is 4.79 Å². The van der Waals surface area contributed by atoms with E-state index < -0.39 is 0 Å². The van der Waals surface area contributed by atoms with E-state index in [0.717, 1.165) is 11.1 Å². The van der Waals surface area contributed by atoms with Crippen molar-refractivity contribution in [1.29, 1.82) is 0 Å². The Morgan fingerprint density at radius 1 is 1.25 bits per heavy atom. The summed E-state index contributed by atoms with van der Waals surface area (Å²) in [4.78, 5) is 14.2. The molecule has 0 saturated carbocycles. The van der Waals surface area contributed by atoms with E-state index in [1.54, 1.807) is 11.2 Å². The van der Waals surface area contributed by atoms with Crippen LogP contribution in [0, 0.1) is 6.92 Å². The first-order valence-electron chi connectivity index (χ1n) is 6.75. The Hall–Kier alpha value is -2.07. The largest absolute Gasteiger partial charge is 0.459 e. The third kappa shape index (κ3) is 2.47. The highest BCUT2D eigenvalue weighted by Gasteiger charge is 2.28. The maximum atomic E-state index is 12.4. The average molecular weight is 271 g/mol. The number of nitrogens with zero attached hydrogens (tertiary/aromatic N) is 1. The molecule has 1 amide bonds. The fourth-order valence-corrected chi connectivity index (χ4v) is 2.44. The molecule has 1 aliphatic rings. The molecule has 1 unspecified atom stereocenters. The van der Waals surface area contributed by atoms with Gasteiger partial charge in [-0.15, -0.1) is 0 Å². The van der Waals surface area contributed by atoms with E-state index in [9.17, 15) is 4.79 Å². The third-order valence-electron chi connectivity index (χ3n) is 3.58. The second-order valence-corrected chi connectivity index (χ2v) is 4.95. The summed E-state index contributed by atoms with van der Waals surface area (Å²) in [6, 6.07) is 11.8. The predicted molar refractivity (Wildman–Crippen MR) is 74.5 cm³/mol. The van der Waals surface area contributed by atoms with Gasteiger partial charge in [0.15, 0.2) is 5.76 Å². The smallest absolute Gasteiger partial charge is 0.290 e. The highest BCUT2D eigenvalue weighted by atomic mass is 16.5. The lowest BCUT2D eigenvalue weighted by atomic mass is 10.1. The van der Waals surface area contributed by atoms with Crippen molar-refractivity contribution in [3.8, 4) is 0 Å². The van der Waals surface area contributed by atoms with Crippen molar-refractivity contribution in [2.24, 2.45) is 0 Å². The Kier molecular flexibility index (Phi) is 3.56. The van der Waals surface area contributed by atoms with Gasteiger partial charge < -0.3 is 14.1 Å². The molecule has 0 radical (unpaired) electrons. The number of benzene rings is 1. The van der Waals surface area contributed by atoms with E-state index in [0.29, 0.717) is 25.5 Å². The van der Waals surface area contributed by atoms with Crippen LogP contribution in [0.2, 0.25) is 0 Å². The molecule has 1 saturated heterocycles. The van der Waals surface area contributed by atoms with Crippen LogP contribution in [0.15, 0.2) is 47.1 Å². The number of hydrogen-bond acceptors (Lipinski definition) is 3. The number of carbonyl (C=O) groups excluding carboxylic acids is 1. The molecule has 0 N–H and O–H groups in total. The Morgan fingerprint density at radius 3 is 2.75 bits per heavy atom. The Balaban J connectivity index is 1.76. The van der Waals surface area contributed by atoms with Gasteiger partial charge in [-0.05, 0) is 18.6 Å². The molecule has 0 aliphatic carbocycles. The molecule has 1 aliphatic heterocycles. The summed E-state index contributed by atoms with van der Waals surface area (Å²) in [7, 11) is 0. The van der Waals surface area contributed by atoms with Crippen LogP contribution in [0.25, 0.3) is 0 Å². The van der Waals surface area contributed by atoms with Crippen LogP contribution in [-0.4, -0.2) is 30.5 Å². The fraction of sp³-hybridized carbons (Fsp3) is 0.312. The van der Waals surface area contributed by atoms with Crippen LogP contribution in [0.1, 0.15) is 27.8 Å².